The van der Waals surface area contributed by atoms with Crippen molar-refractivity contribution in [2.24, 2.45) is 0 Å². The van der Waals surface area contributed by atoms with E-state index in [0.717, 1.165) is 175 Å². The minimum atomic E-state index is -0.758. The zero-order chi connectivity index (χ0) is 100. The standard InChI is InChI=1S/C21H27N9.C21H20N8.C20H25N9.C19H25N9O.C18H21F2N9/c22-20-27-21(26-17-8-4-6-15-5-3-7-16(15)17)28-30(20)19-13-18(24-14-25-19)23-9-12-29-10-1-2-11-29;22-20-27-21(26-17-11-5-7-14-6-4-10-16(14)17)28-29(20)19-12-18(23-13-24-19)25-15-8-2-1-3-9-15;1-27-8-10-28(11-9-27)17-12-18(23-13-22-17)29-19(21)25-20(26-29)24-16-7-3-5-14-4-2-6-15(14)16;1-29-15-7-3-2-6-14(15)24-19-25-18(20)28(26-19)17-12-16(22-13-23-17)21-8-11-27-9-4-5-10-27;19-12-3-4-14(13(20)9-12)25-18-26-17(21)29(27-18)16-10-15(23-11-24-16)22-5-8-28-6-1-2-7-28/h4,6,8,13-14H,1-3,5,7,9-12H2,(H,23,24,25)(H3,22,26,27,28);1-3,5,7-9,11-13H,4,6,10H2,(H,23,24,25)(H3,22,26,27,28);3,5,7,12-13H,2,4,6,8-11H2,1H3,(H3,21,24,25,26);2-3,6-7,12-13H,4-5,8-11H2,1H3,(H,21,22,23)(H3,20,24,25,26);3-4,9-11H,1-2,5-8H2,(H,22,23,24)(H3,21,25,26,27). The largest absolute Gasteiger partial charge is 0.495 e. The number of nitrogens with two attached hydrogens (primary N) is 5. The first-order chi connectivity index (χ1) is 71.5. The summed E-state index contributed by atoms with van der Waals surface area (Å²) in [6.07, 6.45) is 25.3. The van der Waals surface area contributed by atoms with E-state index in [-0.39, 0.29) is 35.4 Å². The molecule has 3 aliphatic carbocycles. The maximum atomic E-state index is 13.8. The van der Waals surface area contributed by atoms with E-state index in [1.165, 1.54) is 163 Å². The molecule has 7 aliphatic rings. The summed E-state index contributed by atoms with van der Waals surface area (Å²) in [4.78, 5) is 76.3. The minimum Gasteiger partial charge on any atom is -0.495 e. The average Bonchev–Trinajstić information content (AvgIpc) is 1.68. The van der Waals surface area contributed by atoms with E-state index < -0.39 is 11.6 Å². The number of methoxy groups -OCH3 is 1. The molecule has 47 heteroatoms. The lowest BCUT2D eigenvalue weighted by Crippen LogP contribution is -2.44. The highest BCUT2D eigenvalue weighted by Gasteiger charge is 2.26. The maximum absolute atomic E-state index is 13.8. The summed E-state index contributed by atoms with van der Waals surface area (Å²) in [6.45, 7) is 16.3. The van der Waals surface area contributed by atoms with Crippen LogP contribution in [0.15, 0.2) is 189 Å². The molecule has 45 nitrogen and oxygen atoms in total. The van der Waals surface area contributed by atoms with Gasteiger partial charge in [-0.1, -0.05) is 66.7 Å². The number of aromatic nitrogens is 25. The highest BCUT2D eigenvalue weighted by atomic mass is 19.1. The van der Waals surface area contributed by atoms with Crippen LogP contribution >= 0.6 is 0 Å². The number of aryl methyl sites for hydroxylation is 3. The monoisotopic (exact) mass is 1980 g/mol. The first kappa shape index (κ1) is 97.7. The molecule has 23 rings (SSSR count). The Morgan fingerprint density at radius 2 is 0.644 bits per heavy atom. The van der Waals surface area contributed by atoms with Gasteiger partial charge in [0.25, 0.3) is 0 Å². The molecule has 4 aliphatic heterocycles. The summed E-state index contributed by atoms with van der Waals surface area (Å²) in [5.41, 5.74) is 43.5. The van der Waals surface area contributed by atoms with Gasteiger partial charge in [0.1, 0.15) is 78.1 Å². The van der Waals surface area contributed by atoms with Crippen LogP contribution in [-0.2, 0) is 38.5 Å². The lowest BCUT2D eigenvalue weighted by Gasteiger charge is -2.33. The Morgan fingerprint density at radius 1 is 0.308 bits per heavy atom. The number of piperazine rings is 1. The van der Waals surface area contributed by atoms with E-state index in [1.807, 2.05) is 78.9 Å². The molecule has 0 amide bonds. The summed E-state index contributed by atoms with van der Waals surface area (Å²) >= 11 is 0. The first-order valence-corrected chi connectivity index (χ1v) is 49.2. The predicted octanol–water partition coefficient (Wildman–Crippen LogP) is 11.7. The number of para-hydroxylation sites is 3. The van der Waals surface area contributed by atoms with E-state index in [0.29, 0.717) is 76.2 Å². The summed E-state index contributed by atoms with van der Waals surface area (Å²) in [5, 5.41) is 51.2. The topological polar surface area (TPSA) is 546 Å². The van der Waals surface area contributed by atoms with Crippen LogP contribution in [0.25, 0.3) is 29.1 Å². The number of likely N-dealkylation sites (N-methyl/N-ethyl adjacent to an activating group) is 1. The zero-order valence-corrected chi connectivity index (χ0v) is 81.3. The molecular formula is C99H118F2N44O. The molecule has 16 aromatic rings. The third-order valence-electron chi connectivity index (χ3n) is 25.9. The molecule has 0 radical (unpaired) electrons. The number of halogens is 2. The highest BCUT2D eigenvalue weighted by Crippen LogP contribution is 2.36. The summed E-state index contributed by atoms with van der Waals surface area (Å²) in [6, 6.07) is 48.5. The van der Waals surface area contributed by atoms with Gasteiger partial charge < -0.3 is 106 Å². The van der Waals surface area contributed by atoms with E-state index in [9.17, 15) is 8.78 Å². The number of benzene rings is 6. The van der Waals surface area contributed by atoms with Gasteiger partial charge in [0.05, 0.1) is 18.5 Å². The van der Waals surface area contributed by atoms with E-state index in [1.54, 1.807) is 34.9 Å². The Bertz CT molecular complexity index is 7070. The second-order valence-corrected chi connectivity index (χ2v) is 35.9. The van der Waals surface area contributed by atoms with E-state index in [4.69, 9.17) is 33.4 Å². The van der Waals surface area contributed by atoms with E-state index in [2.05, 4.69) is 228 Å². The second-order valence-electron chi connectivity index (χ2n) is 35.9. The first-order valence-electron chi connectivity index (χ1n) is 49.2. The smallest absolute Gasteiger partial charge is 0.249 e. The SMILES string of the molecule is CN1CCN(c2cc(-n3nc(Nc4cccc5c4CCC5)nc3N)ncn2)CC1.COc1ccccc1Nc1nc(N)n(-c2cc(NCCN3CCCC3)ncn2)n1.Nc1nc(Nc2ccc(F)cc2F)nn1-c1cc(NCCN2CCCC2)ncn1.Nc1nc(Nc2cccc3c2CCC3)nn1-c1cc(NCCN2CCCC2)ncn1.Nc1nc(Nc2cccc3c2CCC3)nn1-c1cc(Nc2ccccc2)ncn1. The van der Waals surface area contributed by atoms with Crippen LogP contribution in [0.4, 0.5) is 131 Å². The Balaban J connectivity index is 0.000000115. The molecule has 19 N–H and O–H groups in total. The molecule has 754 valence electrons. The summed E-state index contributed by atoms with van der Waals surface area (Å²) in [7, 11) is 3.75. The van der Waals surface area contributed by atoms with Crippen molar-refractivity contribution in [3.63, 3.8) is 0 Å². The number of ether oxygens (including phenoxy) is 1. The minimum absolute atomic E-state index is 0.0375. The van der Waals surface area contributed by atoms with Crippen molar-refractivity contribution in [2.75, 3.05) is 200 Å². The van der Waals surface area contributed by atoms with Gasteiger partial charge in [-0.25, -0.2) is 58.6 Å². The number of nitrogen functional groups attached to an aromatic ring is 5. The molecule has 0 spiro atoms. The molecule has 10 aromatic heterocycles. The van der Waals surface area contributed by atoms with Gasteiger partial charge in [-0.05, 0) is 231 Å². The number of fused-ring (bicyclic) bond motifs is 3. The van der Waals surface area contributed by atoms with Gasteiger partial charge in [0.2, 0.25) is 59.5 Å². The van der Waals surface area contributed by atoms with Crippen LogP contribution in [0.5, 0.6) is 5.75 Å². The zero-order valence-electron chi connectivity index (χ0n) is 81.3. The lowest BCUT2D eigenvalue weighted by atomic mass is 10.1. The maximum Gasteiger partial charge on any atom is 0.249 e. The van der Waals surface area contributed by atoms with Crippen molar-refractivity contribution in [1.82, 2.24) is 143 Å². The lowest BCUT2D eigenvalue weighted by molar-refractivity contribution is 0.312. The third kappa shape index (κ3) is 25.0. The Kier molecular flexibility index (Phi) is 31.3. The summed E-state index contributed by atoms with van der Waals surface area (Å²) in [5.74, 6) is 8.54. The van der Waals surface area contributed by atoms with Gasteiger partial charge in [-0.15, -0.1) is 25.5 Å². The second kappa shape index (κ2) is 46.8. The number of hydrogen-bond acceptors (Lipinski definition) is 40. The number of rotatable bonds is 31. The fraction of sp³-hybridized carbons (Fsp3) is 0.333. The Morgan fingerprint density at radius 3 is 1.03 bits per heavy atom. The van der Waals surface area contributed by atoms with Crippen LogP contribution in [0.3, 0.4) is 0 Å². The van der Waals surface area contributed by atoms with Crippen molar-refractivity contribution < 1.29 is 13.5 Å². The normalized spacial score (nSPS) is 14.8. The van der Waals surface area contributed by atoms with Crippen LogP contribution in [-0.4, -0.2) is 262 Å². The van der Waals surface area contributed by atoms with Crippen molar-refractivity contribution in [2.45, 2.75) is 96.3 Å². The van der Waals surface area contributed by atoms with Crippen LogP contribution in [0.1, 0.15) is 91.2 Å². The number of nitrogens with zero attached hydrogens (tertiary/aromatic N) is 30. The van der Waals surface area contributed by atoms with E-state index >= 15 is 0 Å². The number of hydrogen-bond donors (Lipinski definition) is 14. The fourth-order valence-corrected chi connectivity index (χ4v) is 18.5. The van der Waals surface area contributed by atoms with Crippen LogP contribution in [0.2, 0.25) is 0 Å². The molecule has 6 aromatic carbocycles. The average molecular weight is 1980 g/mol. The number of anilines is 21. The molecular weight excluding hydrogens is 1860 g/mol. The van der Waals surface area contributed by atoms with Gasteiger partial charge >= 0.3 is 0 Å². The van der Waals surface area contributed by atoms with Crippen molar-refractivity contribution in [1.29, 1.82) is 0 Å². The molecule has 0 bridgehead atoms. The van der Waals surface area contributed by atoms with Gasteiger partial charge in [0, 0.05) is 125 Å². The molecule has 4 fully saturated rings. The molecule has 146 heavy (non-hydrogen) atoms. The molecule has 0 unspecified atom stereocenters. The molecule has 0 saturated carbocycles. The van der Waals surface area contributed by atoms with Crippen molar-refractivity contribution in [3.05, 3.63) is 234 Å². The third-order valence-corrected chi connectivity index (χ3v) is 25.9. The summed E-state index contributed by atoms with van der Waals surface area (Å²) < 4.78 is 39.6. The molecule has 4 saturated heterocycles. The number of nitrogens with one attached hydrogen (secondary N) is 9. The molecule has 0 atom stereocenters. The molecule has 14 heterocycles. The van der Waals surface area contributed by atoms with Crippen molar-refractivity contribution >= 4 is 123 Å². The number of likely N-dealkylation sites (tertiary alicyclic amines) is 3. The highest BCUT2D eigenvalue weighted by molar-refractivity contribution is 5.68. The Labute approximate surface area is 841 Å². The van der Waals surface area contributed by atoms with Gasteiger partial charge in [-0.2, -0.15) is 48.3 Å². The van der Waals surface area contributed by atoms with Crippen LogP contribution < -0.4 is 86.2 Å². The van der Waals surface area contributed by atoms with Crippen molar-refractivity contribution in [3.8, 4) is 34.8 Å². The fourth-order valence-electron chi connectivity index (χ4n) is 18.5. The quantitative estimate of drug-likeness (QED) is 0.0192. The predicted molar refractivity (Wildman–Crippen MR) is 560 cm³/mol. The van der Waals surface area contributed by atoms with Gasteiger partial charge in [-0.3, -0.25) is 0 Å². The van der Waals surface area contributed by atoms with Crippen LogP contribution in [0, 0.1) is 11.6 Å². The Hall–Kier alpha value is -17.1. The van der Waals surface area contributed by atoms with Gasteiger partial charge in [0.15, 0.2) is 29.1 Å².